The zero-order valence-corrected chi connectivity index (χ0v) is 19.5. The second-order valence-electron chi connectivity index (χ2n) is 7.87. The van der Waals surface area contributed by atoms with Crippen molar-refractivity contribution >= 4 is 18.8 Å². The van der Waals surface area contributed by atoms with Gasteiger partial charge in [-0.2, -0.15) is 12.6 Å². The van der Waals surface area contributed by atoms with Crippen molar-refractivity contribution < 1.29 is 35.3 Å². The Morgan fingerprint density at radius 1 is 1.31 bits per heavy atom. The summed E-state index contributed by atoms with van der Waals surface area (Å²) in [5, 5.41) is 9.08. The topological polar surface area (TPSA) is 83.5 Å². The van der Waals surface area contributed by atoms with Crippen molar-refractivity contribution in [1.82, 2.24) is 0 Å². The van der Waals surface area contributed by atoms with Gasteiger partial charge in [0.25, 0.3) is 0 Å². The summed E-state index contributed by atoms with van der Waals surface area (Å²) >= 11 is 3.92. The van der Waals surface area contributed by atoms with Gasteiger partial charge in [0.2, 0.25) is 5.79 Å². The van der Waals surface area contributed by atoms with E-state index in [1.54, 1.807) is 6.92 Å². The molecule has 1 aliphatic carbocycles. The summed E-state index contributed by atoms with van der Waals surface area (Å²) in [6, 6.07) is 0. The molecule has 29 heavy (non-hydrogen) atoms. The molecule has 0 radical (unpaired) electrons. The molecule has 0 aromatic heterocycles. The fraction of sp³-hybridized carbons (Fsp3) is 0.952. The van der Waals surface area contributed by atoms with Crippen LogP contribution in [0.25, 0.3) is 0 Å². The van der Waals surface area contributed by atoms with Crippen LogP contribution in [0.1, 0.15) is 67.6 Å². The van der Waals surface area contributed by atoms with E-state index < -0.39 is 11.9 Å². The third-order valence-corrected chi connectivity index (χ3v) is 6.25. The second-order valence-corrected chi connectivity index (χ2v) is 8.32. The summed E-state index contributed by atoms with van der Waals surface area (Å²) in [4.78, 5) is 14.8. The molecule has 0 aromatic rings. The van der Waals surface area contributed by atoms with Gasteiger partial charge in [-0.05, 0) is 56.1 Å². The number of hydrogen-bond donors (Lipinski definition) is 2. The molecule has 7 nitrogen and oxygen atoms in total. The van der Waals surface area contributed by atoms with E-state index in [4.69, 9.17) is 14.7 Å². The highest BCUT2D eigenvalue weighted by molar-refractivity contribution is 7.80. The SMILES string of the molecule is CC.COC(=O)OCCCS.C[C@H]1CO[C@@H]2OC(C)(OO)CC[C@H]3CCCC1C32.[HH]. The maximum atomic E-state index is 10.2. The van der Waals surface area contributed by atoms with E-state index in [1.165, 1.54) is 26.4 Å². The molecule has 2 saturated heterocycles. The van der Waals surface area contributed by atoms with E-state index >= 15 is 0 Å². The Balaban J connectivity index is 0.000000604. The van der Waals surface area contributed by atoms with Crippen molar-refractivity contribution in [2.24, 2.45) is 23.7 Å². The Kier molecular flexibility index (Phi) is 12.5. The van der Waals surface area contributed by atoms with Gasteiger partial charge in [0, 0.05) is 13.8 Å². The number of carbonyl (C=O) groups is 1. The lowest BCUT2D eigenvalue weighted by Crippen LogP contribution is -2.49. The van der Waals surface area contributed by atoms with Crippen molar-refractivity contribution in [3.63, 3.8) is 0 Å². The molecule has 0 amide bonds. The van der Waals surface area contributed by atoms with Crippen LogP contribution < -0.4 is 0 Å². The van der Waals surface area contributed by atoms with Gasteiger partial charge in [-0.3, -0.25) is 0 Å². The smallest absolute Gasteiger partial charge is 0.438 e. The van der Waals surface area contributed by atoms with Gasteiger partial charge in [0.1, 0.15) is 0 Å². The normalized spacial score (nSPS) is 35.5. The van der Waals surface area contributed by atoms with Crippen molar-refractivity contribution in [1.29, 1.82) is 0 Å². The van der Waals surface area contributed by atoms with Crippen LogP contribution in [-0.2, 0) is 23.8 Å². The maximum Gasteiger partial charge on any atom is 0.507 e. The number of methoxy groups -OCH3 is 1. The average molecular weight is 439 g/mol. The summed E-state index contributed by atoms with van der Waals surface area (Å²) in [7, 11) is 1.28. The Morgan fingerprint density at radius 2 is 2.03 bits per heavy atom. The molecule has 3 rings (SSSR count). The Hall–Kier alpha value is -0.540. The van der Waals surface area contributed by atoms with Gasteiger partial charge >= 0.3 is 6.16 Å². The van der Waals surface area contributed by atoms with Crippen molar-refractivity contribution in [2.75, 3.05) is 26.1 Å². The average Bonchev–Trinajstić information content (AvgIpc) is 2.90. The first kappa shape index (κ1) is 26.5. The minimum absolute atomic E-state index is 0. The molecule has 174 valence electrons. The third kappa shape index (κ3) is 7.90. The highest BCUT2D eigenvalue weighted by atomic mass is 32.1. The summed E-state index contributed by atoms with van der Waals surface area (Å²) in [6.07, 6.45) is 5.61. The number of hydrogen-bond acceptors (Lipinski definition) is 8. The molecule has 3 fully saturated rings. The van der Waals surface area contributed by atoms with Crippen molar-refractivity contribution in [2.45, 2.75) is 78.3 Å². The molecule has 0 bridgehead atoms. The highest BCUT2D eigenvalue weighted by Crippen LogP contribution is 2.50. The Labute approximate surface area is 182 Å². The summed E-state index contributed by atoms with van der Waals surface area (Å²) in [6.45, 7) is 9.24. The monoisotopic (exact) mass is 438 g/mol. The van der Waals surface area contributed by atoms with Crippen molar-refractivity contribution in [3.8, 4) is 0 Å². The summed E-state index contributed by atoms with van der Waals surface area (Å²) < 4.78 is 20.6. The van der Waals surface area contributed by atoms with Gasteiger partial charge in [-0.1, -0.05) is 27.2 Å². The van der Waals surface area contributed by atoms with E-state index in [2.05, 4.69) is 33.9 Å². The molecule has 0 spiro atoms. The van der Waals surface area contributed by atoms with Crippen LogP contribution in [0.4, 0.5) is 4.79 Å². The molecule has 2 aliphatic heterocycles. The predicted molar refractivity (Wildman–Crippen MR) is 116 cm³/mol. The van der Waals surface area contributed by atoms with Crippen LogP contribution in [0.15, 0.2) is 0 Å². The van der Waals surface area contributed by atoms with E-state index in [0.29, 0.717) is 30.3 Å². The third-order valence-electron chi connectivity index (χ3n) is 5.94. The minimum Gasteiger partial charge on any atom is -0.438 e. The molecule has 3 unspecified atom stereocenters. The first-order chi connectivity index (χ1) is 13.9. The predicted octanol–water partition coefficient (Wildman–Crippen LogP) is 5.39. The lowest BCUT2D eigenvalue weighted by atomic mass is 9.65. The summed E-state index contributed by atoms with van der Waals surface area (Å²) in [5.41, 5.74) is 0. The van der Waals surface area contributed by atoms with Crippen LogP contribution in [0, 0.1) is 23.7 Å². The van der Waals surface area contributed by atoms with Crippen LogP contribution in [0.5, 0.6) is 0 Å². The molecular weight excluding hydrogens is 396 g/mol. The molecule has 1 N–H and O–H groups in total. The van der Waals surface area contributed by atoms with Crippen molar-refractivity contribution in [3.05, 3.63) is 0 Å². The molecule has 6 atom stereocenters. The molecule has 2 heterocycles. The van der Waals surface area contributed by atoms with E-state index in [9.17, 15) is 4.79 Å². The molecule has 0 aromatic carbocycles. The number of ether oxygens (including phenoxy) is 4. The van der Waals surface area contributed by atoms with Crippen LogP contribution in [0.3, 0.4) is 0 Å². The zero-order valence-electron chi connectivity index (χ0n) is 18.6. The zero-order chi connectivity index (χ0) is 21.9. The lowest BCUT2D eigenvalue weighted by molar-refractivity contribution is -0.431. The standard InChI is InChI=1S/C14H24O4.C5H10O3S.C2H6.H2/c1-9-8-16-13-12-10(4-3-5-11(9)12)6-7-14(2,17-13)18-15;1-7-5(6)8-3-2-4-9;1-2;/h9-13,15H,3-8H2,1-2H3;9H,2-4H2,1H3;1-2H3;1H/t9-,10+,11?,12?,13+,14?;;;/m0.../s1. The highest BCUT2D eigenvalue weighted by Gasteiger charge is 2.50. The Bertz CT molecular complexity index is 471. The minimum atomic E-state index is -0.896. The van der Waals surface area contributed by atoms with E-state index in [1.807, 2.05) is 13.8 Å². The van der Waals surface area contributed by atoms with Gasteiger partial charge in [0.05, 0.1) is 20.3 Å². The van der Waals surface area contributed by atoms with Crippen LogP contribution >= 0.6 is 12.6 Å². The van der Waals surface area contributed by atoms with Crippen LogP contribution in [-0.4, -0.2) is 49.6 Å². The largest absolute Gasteiger partial charge is 0.507 e. The first-order valence-corrected chi connectivity index (χ1v) is 11.5. The molecule has 1 saturated carbocycles. The van der Waals surface area contributed by atoms with Crippen LogP contribution in [0.2, 0.25) is 0 Å². The fourth-order valence-electron chi connectivity index (χ4n) is 4.47. The van der Waals surface area contributed by atoms with Gasteiger partial charge < -0.3 is 18.9 Å². The quantitative estimate of drug-likeness (QED) is 0.200. The maximum absolute atomic E-state index is 10.2. The molecule has 8 heteroatoms. The number of thiol groups is 1. The number of carbonyl (C=O) groups excluding carboxylic acids is 1. The summed E-state index contributed by atoms with van der Waals surface area (Å²) in [5.74, 6) is 2.30. The van der Waals surface area contributed by atoms with E-state index in [-0.39, 0.29) is 7.72 Å². The molecular formula is C21H42O7S. The Morgan fingerprint density at radius 3 is 2.66 bits per heavy atom. The van der Waals surface area contributed by atoms with Gasteiger partial charge in [-0.15, -0.1) is 0 Å². The van der Waals surface area contributed by atoms with E-state index in [0.717, 1.165) is 31.6 Å². The second kappa shape index (κ2) is 13.7. The number of rotatable bonds is 4. The lowest BCUT2D eigenvalue weighted by Gasteiger charge is -2.47. The first-order valence-electron chi connectivity index (χ1n) is 10.9. The molecule has 3 aliphatic rings. The fourth-order valence-corrected chi connectivity index (χ4v) is 4.60. The van der Waals surface area contributed by atoms with Gasteiger partial charge in [-0.25, -0.2) is 14.9 Å². The van der Waals surface area contributed by atoms with Gasteiger partial charge in [0.15, 0.2) is 6.29 Å².